The average Bonchev–Trinajstić information content (AvgIpc) is 3.11. The van der Waals surface area contributed by atoms with E-state index in [4.69, 9.17) is 9.47 Å². The number of hydrogen-bond donors (Lipinski definition) is 7. The number of aliphatic hydroxyl groups is 6. The van der Waals surface area contributed by atoms with Gasteiger partial charge in [0.1, 0.15) is 30.5 Å². The predicted molar refractivity (Wildman–Crippen MR) is 199 cm³/mol. The molecule has 0 bridgehead atoms. The Kier molecular flexibility index (Phi) is 28.1. The fourth-order valence-corrected chi connectivity index (χ4v) is 6.30. The van der Waals surface area contributed by atoms with E-state index < -0.39 is 61.5 Å². The van der Waals surface area contributed by atoms with Crippen molar-refractivity contribution in [3.8, 4) is 0 Å². The van der Waals surface area contributed by atoms with E-state index in [2.05, 4.69) is 32.2 Å². The summed E-state index contributed by atoms with van der Waals surface area (Å²) >= 11 is 0. The first-order valence-electron chi connectivity index (χ1n) is 20.1. The molecule has 1 saturated heterocycles. The summed E-state index contributed by atoms with van der Waals surface area (Å²) in [4.78, 5) is 13.0. The monoisotopic (exact) mass is 714 g/mol. The summed E-state index contributed by atoms with van der Waals surface area (Å²) in [5.74, 6) is -0.629. The van der Waals surface area contributed by atoms with Crippen molar-refractivity contribution >= 4 is 5.91 Å². The van der Waals surface area contributed by atoms with Gasteiger partial charge >= 0.3 is 0 Å². The van der Waals surface area contributed by atoms with Gasteiger partial charge in [-0.25, -0.2) is 0 Å². The number of hydrogen-bond acceptors (Lipinski definition) is 9. The molecule has 1 aliphatic heterocycles. The van der Waals surface area contributed by atoms with Crippen molar-refractivity contribution in [1.82, 2.24) is 5.32 Å². The van der Waals surface area contributed by atoms with Gasteiger partial charge in [-0.1, -0.05) is 147 Å². The normalized spacial score (nSPS) is 23.3. The lowest BCUT2D eigenvalue weighted by Gasteiger charge is -2.40. The quantitative estimate of drug-likeness (QED) is 0.0330. The molecule has 0 radical (unpaired) electrons. The largest absolute Gasteiger partial charge is 0.394 e. The molecular formula is C40H75NO9. The number of nitrogens with one attached hydrogen (secondary N) is 1. The molecule has 10 heteroatoms. The highest BCUT2D eigenvalue weighted by Gasteiger charge is 2.44. The van der Waals surface area contributed by atoms with Gasteiger partial charge in [0.05, 0.1) is 25.4 Å². The molecule has 1 amide bonds. The van der Waals surface area contributed by atoms with Gasteiger partial charge in [-0.05, 0) is 39.0 Å². The third kappa shape index (κ3) is 21.2. The van der Waals surface area contributed by atoms with Crippen molar-refractivity contribution < 1.29 is 44.9 Å². The van der Waals surface area contributed by atoms with Crippen LogP contribution in [-0.2, 0) is 14.3 Å². The molecule has 8 atom stereocenters. The minimum Gasteiger partial charge on any atom is -0.394 e. The fraction of sp³-hybridized carbons (Fsp3) is 0.875. The Labute approximate surface area is 303 Å². The minimum atomic E-state index is -1.61. The Morgan fingerprint density at radius 3 is 1.86 bits per heavy atom. The second-order valence-electron chi connectivity index (χ2n) is 14.4. The van der Waals surface area contributed by atoms with E-state index in [1.807, 2.05) is 6.08 Å². The Balaban J connectivity index is 2.61. The molecule has 10 nitrogen and oxygen atoms in total. The van der Waals surface area contributed by atoms with Crippen LogP contribution in [0.4, 0.5) is 0 Å². The number of allylic oxidation sites excluding steroid dienone is 3. The summed E-state index contributed by atoms with van der Waals surface area (Å²) in [6.07, 6.45) is 20.6. The minimum absolute atomic E-state index is 0.305. The van der Waals surface area contributed by atoms with Crippen molar-refractivity contribution in [2.24, 2.45) is 0 Å². The summed E-state index contributed by atoms with van der Waals surface area (Å²) in [5.41, 5.74) is 1.36. The predicted octanol–water partition coefficient (Wildman–Crippen LogP) is 6.13. The summed E-state index contributed by atoms with van der Waals surface area (Å²) in [6.45, 7) is 5.69. The van der Waals surface area contributed by atoms with E-state index in [0.717, 1.165) is 32.1 Å². The Hall–Kier alpha value is -1.37. The van der Waals surface area contributed by atoms with E-state index in [1.165, 1.54) is 95.5 Å². The van der Waals surface area contributed by atoms with Crippen LogP contribution in [-0.4, -0.2) is 98.7 Å². The van der Waals surface area contributed by atoms with Gasteiger partial charge in [0.25, 0.3) is 0 Å². The number of carbonyl (C=O) groups excluding carboxylic acids is 1. The highest BCUT2D eigenvalue weighted by atomic mass is 16.7. The van der Waals surface area contributed by atoms with Crippen LogP contribution in [0.3, 0.4) is 0 Å². The van der Waals surface area contributed by atoms with Crippen LogP contribution < -0.4 is 5.32 Å². The van der Waals surface area contributed by atoms with Crippen LogP contribution >= 0.6 is 0 Å². The topological polar surface area (TPSA) is 169 Å². The maximum absolute atomic E-state index is 13.0. The van der Waals surface area contributed by atoms with E-state index in [1.54, 1.807) is 6.08 Å². The molecule has 0 aromatic heterocycles. The lowest BCUT2D eigenvalue weighted by atomic mass is 9.99. The maximum Gasteiger partial charge on any atom is 0.249 e. The molecule has 1 aliphatic rings. The van der Waals surface area contributed by atoms with Crippen LogP contribution in [0.1, 0.15) is 162 Å². The second kappa shape index (κ2) is 30.1. The Bertz CT molecular complexity index is 883. The summed E-state index contributed by atoms with van der Waals surface area (Å²) in [6, 6.07) is -0.993. The number of amides is 1. The van der Waals surface area contributed by atoms with Crippen molar-refractivity contribution in [3.05, 3.63) is 23.8 Å². The SMILES string of the molecule is CCCCCCCCCCCCCC(O)C(=O)NC(COC1OC(CO)C(O)C(O)C1O)C(O)C=CCCC=C(C)CCCCCCCCC. The first-order valence-corrected chi connectivity index (χ1v) is 20.1. The third-order valence-corrected chi connectivity index (χ3v) is 9.75. The van der Waals surface area contributed by atoms with Crippen molar-refractivity contribution in [2.75, 3.05) is 13.2 Å². The Morgan fingerprint density at radius 1 is 0.760 bits per heavy atom. The zero-order valence-corrected chi connectivity index (χ0v) is 31.7. The molecule has 1 heterocycles. The van der Waals surface area contributed by atoms with Crippen molar-refractivity contribution in [3.63, 3.8) is 0 Å². The molecule has 1 rings (SSSR count). The van der Waals surface area contributed by atoms with Crippen LogP contribution in [0.2, 0.25) is 0 Å². The zero-order chi connectivity index (χ0) is 37.0. The number of carbonyl (C=O) groups is 1. The number of aliphatic hydroxyl groups excluding tert-OH is 6. The van der Waals surface area contributed by atoms with Gasteiger partial charge in [0, 0.05) is 0 Å². The number of ether oxygens (including phenoxy) is 2. The van der Waals surface area contributed by atoms with E-state index in [0.29, 0.717) is 19.3 Å². The maximum atomic E-state index is 13.0. The highest BCUT2D eigenvalue weighted by Crippen LogP contribution is 2.22. The van der Waals surface area contributed by atoms with Crippen molar-refractivity contribution in [2.45, 2.75) is 211 Å². The van der Waals surface area contributed by atoms with Crippen LogP contribution in [0.15, 0.2) is 23.8 Å². The molecule has 8 unspecified atom stereocenters. The fourth-order valence-electron chi connectivity index (χ4n) is 6.30. The van der Waals surface area contributed by atoms with Gasteiger partial charge in [-0.3, -0.25) is 4.79 Å². The molecule has 0 saturated carbocycles. The van der Waals surface area contributed by atoms with Gasteiger partial charge < -0.3 is 45.4 Å². The van der Waals surface area contributed by atoms with Crippen LogP contribution in [0, 0.1) is 0 Å². The van der Waals surface area contributed by atoms with E-state index in [9.17, 15) is 35.4 Å². The first kappa shape index (κ1) is 46.7. The lowest BCUT2D eigenvalue weighted by molar-refractivity contribution is -0.302. The highest BCUT2D eigenvalue weighted by molar-refractivity contribution is 5.80. The third-order valence-electron chi connectivity index (χ3n) is 9.75. The zero-order valence-electron chi connectivity index (χ0n) is 31.7. The molecule has 1 fully saturated rings. The van der Waals surface area contributed by atoms with Gasteiger partial charge in [-0.15, -0.1) is 0 Å². The smallest absolute Gasteiger partial charge is 0.249 e. The van der Waals surface area contributed by atoms with Crippen LogP contribution in [0.5, 0.6) is 0 Å². The Morgan fingerprint density at radius 2 is 1.30 bits per heavy atom. The molecule has 0 aromatic rings. The van der Waals surface area contributed by atoms with Crippen LogP contribution in [0.25, 0.3) is 0 Å². The summed E-state index contributed by atoms with van der Waals surface area (Å²) in [7, 11) is 0. The van der Waals surface area contributed by atoms with E-state index in [-0.39, 0.29) is 6.61 Å². The molecule has 50 heavy (non-hydrogen) atoms. The van der Waals surface area contributed by atoms with Gasteiger partial charge in [-0.2, -0.15) is 0 Å². The van der Waals surface area contributed by atoms with E-state index >= 15 is 0 Å². The van der Waals surface area contributed by atoms with Crippen molar-refractivity contribution in [1.29, 1.82) is 0 Å². The summed E-state index contributed by atoms with van der Waals surface area (Å²) in [5, 5.41) is 64.4. The molecule has 0 aliphatic carbocycles. The molecule has 7 N–H and O–H groups in total. The molecule has 0 aromatic carbocycles. The molecular weight excluding hydrogens is 638 g/mol. The number of unbranched alkanes of at least 4 members (excludes halogenated alkanes) is 17. The second-order valence-corrected chi connectivity index (χ2v) is 14.4. The molecule has 294 valence electrons. The average molecular weight is 714 g/mol. The number of rotatable bonds is 31. The van der Waals surface area contributed by atoms with Gasteiger partial charge in [0.15, 0.2) is 6.29 Å². The summed E-state index contributed by atoms with van der Waals surface area (Å²) < 4.78 is 11.1. The first-order chi connectivity index (χ1) is 24.2. The lowest BCUT2D eigenvalue weighted by Crippen LogP contribution is -2.60. The molecule has 0 spiro atoms. The standard InChI is InChI=1S/C40H75NO9/c1-4-6-8-10-12-13-14-15-17-19-23-28-34(44)39(48)41-32(30-49-40-38(47)37(46)36(45)35(29-42)50-40)33(43)27-24-20-22-26-31(3)25-21-18-16-11-9-7-5-2/h24,26-27,32-38,40,42-47H,4-23,25,28-30H2,1-3H3,(H,41,48). The van der Waals surface area contributed by atoms with Gasteiger partial charge in [0.2, 0.25) is 5.91 Å².